The third-order valence-corrected chi connectivity index (χ3v) is 4.24. The van der Waals surface area contributed by atoms with Crippen molar-refractivity contribution in [3.05, 3.63) is 35.1 Å². The maximum absolute atomic E-state index is 13.4. The standard InChI is InChI=1S/C17H28FN/c1-5-7-10-17(6-2,13-19-4)12-15-11-16(18)9-8-14(15)3/h8-9,11,19H,5-7,10,12-13H2,1-4H3. The first-order valence-electron chi connectivity index (χ1n) is 7.46. The van der Waals surface area contributed by atoms with Crippen molar-refractivity contribution >= 4 is 0 Å². The fourth-order valence-corrected chi connectivity index (χ4v) is 2.83. The van der Waals surface area contributed by atoms with E-state index >= 15 is 0 Å². The summed E-state index contributed by atoms with van der Waals surface area (Å²) in [5.41, 5.74) is 2.61. The van der Waals surface area contributed by atoms with Crippen LogP contribution in [0.2, 0.25) is 0 Å². The summed E-state index contributed by atoms with van der Waals surface area (Å²) in [4.78, 5) is 0. The summed E-state index contributed by atoms with van der Waals surface area (Å²) in [5.74, 6) is -0.120. The van der Waals surface area contributed by atoms with Gasteiger partial charge in [0, 0.05) is 6.54 Å². The van der Waals surface area contributed by atoms with E-state index in [-0.39, 0.29) is 11.2 Å². The summed E-state index contributed by atoms with van der Waals surface area (Å²) in [6.07, 6.45) is 5.76. The summed E-state index contributed by atoms with van der Waals surface area (Å²) in [5, 5.41) is 3.33. The molecule has 1 N–H and O–H groups in total. The van der Waals surface area contributed by atoms with Crippen LogP contribution < -0.4 is 5.32 Å². The molecular formula is C17H28FN. The van der Waals surface area contributed by atoms with E-state index in [0.717, 1.165) is 24.9 Å². The molecule has 0 aromatic heterocycles. The summed E-state index contributed by atoms with van der Waals surface area (Å²) >= 11 is 0. The van der Waals surface area contributed by atoms with Crippen LogP contribution in [0.1, 0.15) is 50.7 Å². The maximum atomic E-state index is 13.4. The lowest BCUT2D eigenvalue weighted by Gasteiger charge is -2.33. The van der Waals surface area contributed by atoms with Crippen molar-refractivity contribution in [2.75, 3.05) is 13.6 Å². The van der Waals surface area contributed by atoms with Crippen molar-refractivity contribution in [3.63, 3.8) is 0 Å². The molecule has 1 atom stereocenters. The highest BCUT2D eigenvalue weighted by Gasteiger charge is 2.27. The van der Waals surface area contributed by atoms with Gasteiger partial charge in [0.05, 0.1) is 0 Å². The molecule has 1 unspecified atom stereocenters. The SMILES string of the molecule is CCCCC(CC)(CNC)Cc1cc(F)ccc1C. The summed E-state index contributed by atoms with van der Waals surface area (Å²) < 4.78 is 13.4. The Morgan fingerprint density at radius 1 is 1.26 bits per heavy atom. The molecule has 0 heterocycles. The number of nitrogens with one attached hydrogen (secondary N) is 1. The molecule has 0 bridgehead atoms. The fourth-order valence-electron chi connectivity index (χ4n) is 2.83. The highest BCUT2D eigenvalue weighted by Crippen LogP contribution is 2.33. The minimum atomic E-state index is -0.120. The molecule has 1 aromatic rings. The lowest BCUT2D eigenvalue weighted by atomic mass is 9.74. The molecule has 0 aliphatic heterocycles. The van der Waals surface area contributed by atoms with Crippen LogP contribution >= 0.6 is 0 Å². The predicted molar refractivity (Wildman–Crippen MR) is 81.0 cm³/mol. The van der Waals surface area contributed by atoms with E-state index in [4.69, 9.17) is 0 Å². The zero-order valence-corrected chi connectivity index (χ0v) is 12.9. The predicted octanol–water partition coefficient (Wildman–Crippen LogP) is 4.48. The van der Waals surface area contributed by atoms with Crippen molar-refractivity contribution < 1.29 is 4.39 Å². The van der Waals surface area contributed by atoms with Crippen LogP contribution in [0.25, 0.3) is 0 Å². The average molecular weight is 265 g/mol. The second-order valence-electron chi connectivity index (χ2n) is 5.74. The zero-order chi connectivity index (χ0) is 14.3. The van der Waals surface area contributed by atoms with E-state index in [2.05, 4.69) is 26.1 Å². The number of hydrogen-bond donors (Lipinski definition) is 1. The molecule has 1 nitrogen and oxygen atoms in total. The number of aryl methyl sites for hydroxylation is 1. The monoisotopic (exact) mass is 265 g/mol. The van der Waals surface area contributed by atoms with Crippen LogP contribution in [0.5, 0.6) is 0 Å². The number of benzene rings is 1. The van der Waals surface area contributed by atoms with Gasteiger partial charge in [0.1, 0.15) is 5.82 Å². The molecule has 0 radical (unpaired) electrons. The minimum absolute atomic E-state index is 0.120. The molecule has 1 rings (SSSR count). The first-order valence-corrected chi connectivity index (χ1v) is 7.46. The quantitative estimate of drug-likeness (QED) is 0.730. The number of unbranched alkanes of at least 4 members (excludes halogenated alkanes) is 1. The minimum Gasteiger partial charge on any atom is -0.319 e. The van der Waals surface area contributed by atoms with Crippen molar-refractivity contribution in [1.29, 1.82) is 0 Å². The van der Waals surface area contributed by atoms with Crippen LogP contribution in [0.4, 0.5) is 4.39 Å². The zero-order valence-electron chi connectivity index (χ0n) is 12.9. The molecule has 19 heavy (non-hydrogen) atoms. The average Bonchev–Trinajstić information content (AvgIpc) is 2.40. The molecule has 0 aliphatic rings. The highest BCUT2D eigenvalue weighted by molar-refractivity contribution is 5.27. The van der Waals surface area contributed by atoms with E-state index in [1.165, 1.54) is 24.8 Å². The molecule has 1 aromatic carbocycles. The van der Waals surface area contributed by atoms with E-state index in [1.807, 2.05) is 13.1 Å². The second kappa shape index (κ2) is 7.64. The Labute approximate surface area is 117 Å². The van der Waals surface area contributed by atoms with Gasteiger partial charge in [0.2, 0.25) is 0 Å². The molecular weight excluding hydrogens is 237 g/mol. The van der Waals surface area contributed by atoms with Crippen molar-refractivity contribution in [3.8, 4) is 0 Å². The Balaban J connectivity index is 2.94. The first-order chi connectivity index (χ1) is 9.06. The molecule has 0 aliphatic carbocycles. The van der Waals surface area contributed by atoms with Crippen LogP contribution in [-0.4, -0.2) is 13.6 Å². The second-order valence-corrected chi connectivity index (χ2v) is 5.74. The van der Waals surface area contributed by atoms with E-state index in [0.29, 0.717) is 0 Å². The van der Waals surface area contributed by atoms with Gasteiger partial charge in [0.15, 0.2) is 0 Å². The molecule has 108 valence electrons. The van der Waals surface area contributed by atoms with Gasteiger partial charge in [-0.05, 0) is 61.9 Å². The van der Waals surface area contributed by atoms with Crippen LogP contribution in [-0.2, 0) is 6.42 Å². The normalized spacial score (nSPS) is 14.4. The molecule has 0 amide bonds. The highest BCUT2D eigenvalue weighted by atomic mass is 19.1. The molecule has 0 saturated heterocycles. The number of hydrogen-bond acceptors (Lipinski definition) is 1. The van der Waals surface area contributed by atoms with E-state index < -0.39 is 0 Å². The van der Waals surface area contributed by atoms with Gasteiger partial charge in [-0.1, -0.05) is 32.8 Å². The Bertz CT molecular complexity index is 389. The smallest absolute Gasteiger partial charge is 0.123 e. The van der Waals surface area contributed by atoms with Gasteiger partial charge in [-0.15, -0.1) is 0 Å². The van der Waals surface area contributed by atoms with E-state index in [1.54, 1.807) is 12.1 Å². The van der Waals surface area contributed by atoms with Crippen LogP contribution in [0.15, 0.2) is 18.2 Å². The summed E-state index contributed by atoms with van der Waals surface area (Å²) in [7, 11) is 2.01. The fraction of sp³-hybridized carbons (Fsp3) is 0.647. The van der Waals surface area contributed by atoms with Crippen molar-refractivity contribution in [1.82, 2.24) is 5.32 Å². The molecule has 2 heteroatoms. The maximum Gasteiger partial charge on any atom is 0.123 e. The Kier molecular flexibility index (Phi) is 6.50. The van der Waals surface area contributed by atoms with Crippen LogP contribution in [0, 0.1) is 18.2 Å². The van der Waals surface area contributed by atoms with Gasteiger partial charge in [-0.25, -0.2) is 4.39 Å². The number of rotatable bonds is 8. The summed E-state index contributed by atoms with van der Waals surface area (Å²) in [6.45, 7) is 7.56. The van der Waals surface area contributed by atoms with Gasteiger partial charge in [-0.3, -0.25) is 0 Å². The van der Waals surface area contributed by atoms with Crippen molar-refractivity contribution in [2.24, 2.45) is 5.41 Å². The van der Waals surface area contributed by atoms with Gasteiger partial charge in [0.25, 0.3) is 0 Å². The van der Waals surface area contributed by atoms with Gasteiger partial charge >= 0.3 is 0 Å². The number of halogens is 1. The lowest BCUT2D eigenvalue weighted by Crippen LogP contribution is -2.34. The molecule has 0 fully saturated rings. The first kappa shape index (κ1) is 16.2. The third kappa shape index (κ3) is 4.61. The van der Waals surface area contributed by atoms with Gasteiger partial charge < -0.3 is 5.32 Å². The van der Waals surface area contributed by atoms with Crippen molar-refractivity contribution in [2.45, 2.75) is 52.9 Å². The van der Waals surface area contributed by atoms with E-state index in [9.17, 15) is 4.39 Å². The van der Waals surface area contributed by atoms with Crippen LogP contribution in [0.3, 0.4) is 0 Å². The third-order valence-electron chi connectivity index (χ3n) is 4.24. The molecule has 0 spiro atoms. The molecule has 0 saturated carbocycles. The lowest BCUT2D eigenvalue weighted by molar-refractivity contribution is 0.234. The largest absolute Gasteiger partial charge is 0.319 e. The topological polar surface area (TPSA) is 12.0 Å². The Hall–Kier alpha value is -0.890. The summed E-state index contributed by atoms with van der Waals surface area (Å²) in [6, 6.07) is 5.15. The Morgan fingerprint density at radius 2 is 2.00 bits per heavy atom. The van der Waals surface area contributed by atoms with Gasteiger partial charge in [-0.2, -0.15) is 0 Å². The Morgan fingerprint density at radius 3 is 2.58 bits per heavy atom.